The smallest absolute Gasteiger partial charge is 0.408 e. The van der Waals surface area contributed by atoms with Crippen LogP contribution in [0.4, 0.5) is 4.79 Å². The van der Waals surface area contributed by atoms with Gasteiger partial charge < -0.3 is 25.4 Å². The van der Waals surface area contributed by atoms with Crippen molar-refractivity contribution in [3.8, 4) is 11.8 Å². The van der Waals surface area contributed by atoms with E-state index < -0.39 is 35.6 Å². The molecule has 1 aromatic carbocycles. The van der Waals surface area contributed by atoms with Crippen LogP contribution in [0.15, 0.2) is 24.3 Å². The molecule has 35 heavy (non-hydrogen) atoms. The van der Waals surface area contributed by atoms with Crippen molar-refractivity contribution in [3.05, 3.63) is 29.8 Å². The molecule has 0 aromatic heterocycles. The van der Waals surface area contributed by atoms with Gasteiger partial charge in [0.2, 0.25) is 11.8 Å². The molecule has 3 N–H and O–H groups in total. The maximum absolute atomic E-state index is 13.8. The summed E-state index contributed by atoms with van der Waals surface area (Å²) in [6.45, 7) is 10.9. The fourth-order valence-electron chi connectivity index (χ4n) is 3.52. The molecule has 3 amide bonds. The van der Waals surface area contributed by atoms with E-state index in [9.17, 15) is 24.8 Å². The Labute approximate surface area is 208 Å². The molecule has 0 radical (unpaired) electrons. The maximum atomic E-state index is 13.8. The van der Waals surface area contributed by atoms with Gasteiger partial charge in [-0.1, -0.05) is 52.2 Å². The van der Waals surface area contributed by atoms with Crippen LogP contribution < -0.4 is 10.6 Å². The van der Waals surface area contributed by atoms with Crippen LogP contribution in [0.5, 0.6) is 5.75 Å². The second-order valence-electron chi connectivity index (χ2n) is 9.63. The number of hydrogen-bond donors (Lipinski definition) is 3. The number of rotatable bonds is 12. The van der Waals surface area contributed by atoms with E-state index in [2.05, 4.69) is 17.6 Å². The van der Waals surface area contributed by atoms with Gasteiger partial charge in [0, 0.05) is 6.54 Å². The molecule has 0 aliphatic heterocycles. The molecule has 9 nitrogen and oxygen atoms in total. The Kier molecular flexibility index (Phi) is 12.1. The number of alkyl carbamates (subject to hydrolysis) is 1. The second kappa shape index (κ2) is 14.2. The van der Waals surface area contributed by atoms with Crippen molar-refractivity contribution >= 4 is 17.9 Å². The minimum Gasteiger partial charge on any atom is -0.508 e. The molecule has 0 saturated carbocycles. The predicted octanol–water partition coefficient (Wildman–Crippen LogP) is 4.03. The lowest BCUT2D eigenvalue weighted by atomic mass is 9.95. The van der Waals surface area contributed by atoms with Gasteiger partial charge in [0.05, 0.1) is 6.07 Å². The van der Waals surface area contributed by atoms with E-state index in [0.29, 0.717) is 18.5 Å². The first kappa shape index (κ1) is 29.8. The molecule has 3 unspecified atom stereocenters. The van der Waals surface area contributed by atoms with E-state index in [1.807, 2.05) is 13.0 Å². The zero-order valence-electron chi connectivity index (χ0n) is 21.8. The Morgan fingerprint density at radius 3 is 2.43 bits per heavy atom. The van der Waals surface area contributed by atoms with E-state index >= 15 is 0 Å². The Bertz CT molecular complexity index is 890. The molecular weight excluding hydrogens is 448 g/mol. The summed E-state index contributed by atoms with van der Waals surface area (Å²) >= 11 is 0. The number of benzene rings is 1. The average Bonchev–Trinajstić information content (AvgIpc) is 2.78. The van der Waals surface area contributed by atoms with Gasteiger partial charge in [-0.15, -0.1) is 0 Å². The first-order valence-corrected chi connectivity index (χ1v) is 12.2. The third kappa shape index (κ3) is 9.85. The lowest BCUT2D eigenvalue weighted by molar-refractivity contribution is -0.142. The molecule has 3 atom stereocenters. The van der Waals surface area contributed by atoms with Crippen LogP contribution in [0.1, 0.15) is 78.8 Å². The van der Waals surface area contributed by atoms with E-state index in [0.717, 1.165) is 24.2 Å². The van der Waals surface area contributed by atoms with E-state index in [-0.39, 0.29) is 18.2 Å². The number of nitriles is 1. The van der Waals surface area contributed by atoms with Crippen LogP contribution in [0.3, 0.4) is 0 Å². The highest BCUT2D eigenvalue weighted by molar-refractivity contribution is 5.92. The molecule has 0 aliphatic rings. The monoisotopic (exact) mass is 488 g/mol. The predicted molar refractivity (Wildman–Crippen MR) is 133 cm³/mol. The molecule has 194 valence electrons. The molecule has 9 heteroatoms. The number of carbonyl (C=O) groups excluding carboxylic acids is 3. The average molecular weight is 489 g/mol. The number of phenols is 1. The molecule has 0 saturated heterocycles. The molecule has 1 aromatic rings. The molecule has 0 heterocycles. The first-order valence-electron chi connectivity index (χ1n) is 12.2. The third-order valence-electron chi connectivity index (χ3n) is 5.50. The highest BCUT2D eigenvalue weighted by atomic mass is 16.6. The quantitative estimate of drug-likeness (QED) is 0.301. The minimum absolute atomic E-state index is 0.0685. The summed E-state index contributed by atoms with van der Waals surface area (Å²) in [6, 6.07) is 5.83. The van der Waals surface area contributed by atoms with Gasteiger partial charge in [-0.2, -0.15) is 5.26 Å². The van der Waals surface area contributed by atoms with Crippen LogP contribution in [-0.4, -0.2) is 52.6 Å². The van der Waals surface area contributed by atoms with Gasteiger partial charge >= 0.3 is 6.09 Å². The number of ether oxygens (including phenoxy) is 1. The van der Waals surface area contributed by atoms with Gasteiger partial charge in [0.25, 0.3) is 0 Å². The van der Waals surface area contributed by atoms with Crippen molar-refractivity contribution in [2.75, 3.05) is 13.1 Å². The van der Waals surface area contributed by atoms with Crippen LogP contribution in [0.2, 0.25) is 0 Å². The third-order valence-corrected chi connectivity index (χ3v) is 5.50. The van der Waals surface area contributed by atoms with Crippen molar-refractivity contribution in [1.29, 1.82) is 5.26 Å². The van der Waals surface area contributed by atoms with Gasteiger partial charge in [-0.3, -0.25) is 9.59 Å². The van der Waals surface area contributed by atoms with Crippen LogP contribution in [-0.2, 0) is 14.3 Å². The van der Waals surface area contributed by atoms with Gasteiger partial charge in [-0.05, 0) is 50.8 Å². The zero-order valence-corrected chi connectivity index (χ0v) is 21.8. The summed E-state index contributed by atoms with van der Waals surface area (Å²) < 4.78 is 5.34. The Morgan fingerprint density at radius 1 is 1.20 bits per heavy atom. The van der Waals surface area contributed by atoms with Crippen molar-refractivity contribution in [1.82, 2.24) is 15.5 Å². The number of unbranched alkanes of at least 4 members (excludes halogenated alkanes) is 2. The molecule has 1 rings (SSSR count). The Morgan fingerprint density at radius 2 is 1.89 bits per heavy atom. The van der Waals surface area contributed by atoms with Gasteiger partial charge in [-0.25, -0.2) is 4.79 Å². The summed E-state index contributed by atoms with van der Waals surface area (Å²) in [4.78, 5) is 40.7. The van der Waals surface area contributed by atoms with Crippen LogP contribution >= 0.6 is 0 Å². The SMILES string of the molecule is CCCCCNC(=O)C(c1cccc(O)c1)N(CC#N)C(=O)C(NC(=O)OC(C)(C)C)C(C)CC. The summed E-state index contributed by atoms with van der Waals surface area (Å²) in [6.07, 6.45) is 2.50. The highest BCUT2D eigenvalue weighted by Crippen LogP contribution is 2.26. The van der Waals surface area contributed by atoms with Crippen molar-refractivity contribution in [2.45, 2.75) is 84.9 Å². The lowest BCUT2D eigenvalue weighted by Crippen LogP contribution is -2.55. The fraction of sp³-hybridized carbons (Fsp3) is 0.615. The van der Waals surface area contributed by atoms with Crippen molar-refractivity contribution in [3.63, 3.8) is 0 Å². The summed E-state index contributed by atoms with van der Waals surface area (Å²) in [5, 5.41) is 25.1. The maximum Gasteiger partial charge on any atom is 0.408 e. The Hall–Kier alpha value is -3.28. The minimum atomic E-state index is -1.16. The Balaban J connectivity index is 3.38. The van der Waals surface area contributed by atoms with Crippen LogP contribution in [0.25, 0.3) is 0 Å². The summed E-state index contributed by atoms with van der Waals surface area (Å²) in [5.74, 6) is -1.41. The van der Waals surface area contributed by atoms with Gasteiger partial charge in [0.1, 0.15) is 30.0 Å². The number of aromatic hydroxyl groups is 1. The second-order valence-corrected chi connectivity index (χ2v) is 9.63. The van der Waals surface area contributed by atoms with E-state index in [1.165, 1.54) is 12.1 Å². The van der Waals surface area contributed by atoms with Gasteiger partial charge in [0.15, 0.2) is 0 Å². The largest absolute Gasteiger partial charge is 0.508 e. The number of phenolic OH excluding ortho intramolecular Hbond substituents is 1. The van der Waals surface area contributed by atoms with Crippen molar-refractivity contribution < 1.29 is 24.2 Å². The fourth-order valence-corrected chi connectivity index (χ4v) is 3.52. The summed E-state index contributed by atoms with van der Waals surface area (Å²) in [7, 11) is 0. The van der Waals surface area contributed by atoms with E-state index in [1.54, 1.807) is 39.8 Å². The van der Waals surface area contributed by atoms with Crippen LogP contribution in [0, 0.1) is 17.2 Å². The molecule has 0 aliphatic carbocycles. The zero-order chi connectivity index (χ0) is 26.6. The molecule has 0 spiro atoms. The lowest BCUT2D eigenvalue weighted by Gasteiger charge is -2.34. The molecular formula is C26H40N4O5. The molecule has 0 fully saturated rings. The first-order chi connectivity index (χ1) is 16.4. The normalized spacial score (nSPS) is 13.6. The number of carbonyl (C=O) groups is 3. The number of nitrogens with one attached hydrogen (secondary N) is 2. The molecule has 0 bridgehead atoms. The number of hydrogen-bond acceptors (Lipinski definition) is 6. The topological polar surface area (TPSA) is 132 Å². The summed E-state index contributed by atoms with van der Waals surface area (Å²) in [5.41, 5.74) is -0.399. The highest BCUT2D eigenvalue weighted by Gasteiger charge is 2.38. The number of nitrogens with zero attached hydrogens (tertiary/aromatic N) is 2. The van der Waals surface area contributed by atoms with Crippen molar-refractivity contribution in [2.24, 2.45) is 5.92 Å². The number of amides is 3. The standard InChI is InChI=1S/C26H40N4O5/c1-7-9-10-15-28-23(32)22(19-12-11-13-20(31)17-19)30(16-14-27)24(33)21(18(3)8-2)29-25(34)35-26(4,5)6/h11-13,17-18,21-22,31H,7-10,15-16H2,1-6H3,(H,28,32)(H,29,34). The van der Waals surface area contributed by atoms with E-state index in [4.69, 9.17) is 4.74 Å².